The molecule has 0 atom stereocenters. The molecule has 0 spiro atoms. The number of aromatic nitrogens is 3. The Labute approximate surface area is 117 Å². The molecule has 2 aromatic heterocycles. The van der Waals surface area contributed by atoms with Gasteiger partial charge in [-0.05, 0) is 0 Å². The van der Waals surface area contributed by atoms with Gasteiger partial charge in [-0.1, -0.05) is 0 Å². The molecular formula is C10H11N7O2S. The van der Waals surface area contributed by atoms with Crippen LogP contribution in [0.3, 0.4) is 0 Å². The van der Waals surface area contributed by atoms with Crippen LogP contribution in [0.5, 0.6) is 0 Å². The number of guanidine groups is 1. The zero-order chi connectivity index (χ0) is 14.7. The van der Waals surface area contributed by atoms with E-state index in [1.165, 1.54) is 18.5 Å². The number of aromatic amines is 1. The van der Waals surface area contributed by atoms with Gasteiger partial charge in [0.05, 0.1) is 0 Å². The molecule has 0 fully saturated rings. The van der Waals surface area contributed by atoms with Gasteiger partial charge in [0.2, 0.25) is 17.6 Å². The number of carbonyl (C=O) groups excluding carboxylic acids is 2. The van der Waals surface area contributed by atoms with Crippen molar-refractivity contribution in [2.45, 2.75) is 6.92 Å². The normalized spacial score (nSPS) is 10.1. The number of H-pyrrole nitrogens is 1. The molecule has 20 heavy (non-hydrogen) atoms. The highest BCUT2D eigenvalue weighted by Crippen LogP contribution is 2.17. The minimum atomic E-state index is -0.397. The van der Waals surface area contributed by atoms with Crippen molar-refractivity contribution in [3.8, 4) is 0 Å². The zero-order valence-electron chi connectivity index (χ0n) is 10.4. The van der Waals surface area contributed by atoms with Crippen molar-refractivity contribution < 1.29 is 9.59 Å². The third kappa shape index (κ3) is 3.17. The van der Waals surface area contributed by atoms with Crippen LogP contribution in [0.4, 0.5) is 11.1 Å². The van der Waals surface area contributed by atoms with E-state index in [0.29, 0.717) is 5.13 Å². The molecule has 0 saturated carbocycles. The smallest absolute Gasteiger partial charge is 0.232 e. The van der Waals surface area contributed by atoms with Gasteiger partial charge in [-0.15, -0.1) is 11.3 Å². The van der Waals surface area contributed by atoms with Crippen molar-refractivity contribution in [2.75, 3.05) is 10.6 Å². The van der Waals surface area contributed by atoms with Crippen LogP contribution in [0.1, 0.15) is 23.1 Å². The van der Waals surface area contributed by atoms with Crippen molar-refractivity contribution in [2.24, 2.45) is 5.73 Å². The molecule has 0 radical (unpaired) electrons. The van der Waals surface area contributed by atoms with E-state index in [9.17, 15) is 9.59 Å². The number of hydrogen-bond donors (Lipinski definition) is 5. The molecule has 2 heterocycles. The summed E-state index contributed by atoms with van der Waals surface area (Å²) < 4.78 is 0. The highest BCUT2D eigenvalue weighted by atomic mass is 32.1. The Hall–Kier alpha value is -2.75. The van der Waals surface area contributed by atoms with Crippen LogP contribution in [0.2, 0.25) is 0 Å². The zero-order valence-corrected chi connectivity index (χ0v) is 11.2. The maximum absolute atomic E-state index is 12.1. The number of ketones is 1. The van der Waals surface area contributed by atoms with Crippen LogP contribution in [0.15, 0.2) is 11.6 Å². The van der Waals surface area contributed by atoms with E-state index < -0.39 is 5.78 Å². The maximum atomic E-state index is 12.1. The first kappa shape index (κ1) is 13.7. The number of nitrogens with zero attached hydrogens (tertiary/aromatic N) is 2. The number of anilines is 2. The van der Waals surface area contributed by atoms with E-state index in [1.54, 1.807) is 0 Å². The van der Waals surface area contributed by atoms with Crippen LogP contribution in [-0.2, 0) is 4.79 Å². The van der Waals surface area contributed by atoms with E-state index in [-0.39, 0.29) is 29.2 Å². The van der Waals surface area contributed by atoms with Gasteiger partial charge >= 0.3 is 0 Å². The molecule has 1 amide bonds. The average molecular weight is 293 g/mol. The quantitative estimate of drug-likeness (QED) is 0.312. The lowest BCUT2D eigenvalue weighted by Crippen LogP contribution is -2.20. The molecule has 0 aliphatic rings. The Morgan fingerprint density at radius 2 is 2.10 bits per heavy atom. The number of amides is 1. The number of thiazole rings is 1. The van der Waals surface area contributed by atoms with Gasteiger partial charge in [0.15, 0.2) is 11.1 Å². The average Bonchev–Trinajstić information content (AvgIpc) is 2.96. The summed E-state index contributed by atoms with van der Waals surface area (Å²) in [6.07, 6.45) is 1.38. The molecule has 6 N–H and O–H groups in total. The summed E-state index contributed by atoms with van der Waals surface area (Å²) in [5.41, 5.74) is 5.48. The van der Waals surface area contributed by atoms with Gasteiger partial charge < -0.3 is 16.0 Å². The maximum Gasteiger partial charge on any atom is 0.232 e. The molecule has 10 heteroatoms. The van der Waals surface area contributed by atoms with E-state index in [1.807, 2.05) is 0 Å². The molecule has 9 nitrogen and oxygen atoms in total. The van der Waals surface area contributed by atoms with Crippen molar-refractivity contribution >= 4 is 40.1 Å². The third-order valence-corrected chi connectivity index (χ3v) is 2.84. The summed E-state index contributed by atoms with van der Waals surface area (Å²) >= 11 is 1.15. The minimum absolute atomic E-state index is 0.133. The summed E-state index contributed by atoms with van der Waals surface area (Å²) in [6.45, 7) is 1.34. The summed E-state index contributed by atoms with van der Waals surface area (Å²) in [6, 6.07) is 0. The van der Waals surface area contributed by atoms with E-state index in [4.69, 9.17) is 11.1 Å². The number of hydrogen-bond acceptors (Lipinski definition) is 6. The topological polar surface area (TPSA) is 150 Å². The van der Waals surface area contributed by atoms with Gasteiger partial charge in [0, 0.05) is 18.5 Å². The van der Waals surface area contributed by atoms with Gasteiger partial charge in [-0.3, -0.25) is 20.3 Å². The second-order valence-corrected chi connectivity index (χ2v) is 4.58. The van der Waals surface area contributed by atoms with Crippen LogP contribution in [0.25, 0.3) is 0 Å². The number of nitrogens with two attached hydrogens (primary N) is 1. The largest absolute Gasteiger partial charge is 0.370 e. The Morgan fingerprint density at radius 1 is 1.35 bits per heavy atom. The van der Waals surface area contributed by atoms with Crippen LogP contribution < -0.4 is 16.4 Å². The van der Waals surface area contributed by atoms with Gasteiger partial charge in [0.25, 0.3) is 0 Å². The number of imidazole rings is 1. The lowest BCUT2D eigenvalue weighted by molar-refractivity contribution is -0.114. The fourth-order valence-corrected chi connectivity index (χ4v) is 2.05. The standard InChI is InChI=1S/C10H11N7O2S/c1-4(18)14-9-13-2-5(15-9)7(19)6-3-20-10(16-6)17-8(11)12/h2-3H,1H3,(H4,11,12,16,17)(H2,13,14,15,18). The van der Waals surface area contributed by atoms with Crippen LogP contribution in [0, 0.1) is 5.41 Å². The second-order valence-electron chi connectivity index (χ2n) is 3.72. The predicted molar refractivity (Wildman–Crippen MR) is 74.0 cm³/mol. The molecule has 2 aromatic rings. The minimum Gasteiger partial charge on any atom is -0.370 e. The summed E-state index contributed by atoms with van der Waals surface area (Å²) in [7, 11) is 0. The highest BCUT2D eigenvalue weighted by Gasteiger charge is 2.17. The molecule has 0 saturated heterocycles. The second kappa shape index (κ2) is 5.48. The highest BCUT2D eigenvalue weighted by molar-refractivity contribution is 7.14. The lowest BCUT2D eigenvalue weighted by Gasteiger charge is -1.96. The third-order valence-electron chi connectivity index (χ3n) is 2.08. The van der Waals surface area contributed by atoms with Gasteiger partial charge in [-0.25, -0.2) is 9.97 Å². The van der Waals surface area contributed by atoms with Crippen LogP contribution >= 0.6 is 11.3 Å². The Morgan fingerprint density at radius 3 is 2.75 bits per heavy atom. The van der Waals surface area contributed by atoms with Crippen molar-refractivity contribution in [3.63, 3.8) is 0 Å². The predicted octanol–water partition coefficient (Wildman–Crippen LogP) is 0.361. The summed E-state index contributed by atoms with van der Waals surface area (Å²) in [5, 5.41) is 13.9. The first-order valence-corrected chi connectivity index (χ1v) is 6.28. The SMILES string of the molecule is CC(=O)Nc1nc(C(=O)c2csc(NC(=N)N)n2)c[nH]1. The van der Waals surface area contributed by atoms with Crippen molar-refractivity contribution in [3.05, 3.63) is 23.0 Å². The molecule has 0 aliphatic carbocycles. The molecule has 0 aromatic carbocycles. The van der Waals surface area contributed by atoms with Crippen molar-refractivity contribution in [1.29, 1.82) is 5.41 Å². The fourth-order valence-electron chi connectivity index (χ4n) is 1.35. The first-order valence-electron chi connectivity index (χ1n) is 5.40. The number of nitrogens with one attached hydrogen (secondary N) is 4. The van der Waals surface area contributed by atoms with Crippen molar-refractivity contribution in [1.82, 2.24) is 15.0 Å². The summed E-state index contributed by atoms with van der Waals surface area (Å²) in [4.78, 5) is 33.5. The Bertz CT molecular complexity index is 618. The molecule has 104 valence electrons. The monoisotopic (exact) mass is 293 g/mol. The Kier molecular flexibility index (Phi) is 3.75. The first-order chi connectivity index (χ1) is 9.45. The Balaban J connectivity index is 2.14. The fraction of sp³-hybridized carbons (Fsp3) is 0.100. The number of carbonyl (C=O) groups is 2. The molecule has 2 rings (SSSR count). The molecule has 0 unspecified atom stereocenters. The number of rotatable bonds is 4. The van der Waals surface area contributed by atoms with Gasteiger partial charge in [-0.2, -0.15) is 0 Å². The van der Waals surface area contributed by atoms with Gasteiger partial charge in [0.1, 0.15) is 11.4 Å². The molecule has 0 aliphatic heterocycles. The molecule has 0 bridgehead atoms. The van der Waals surface area contributed by atoms with E-state index in [0.717, 1.165) is 11.3 Å². The lowest BCUT2D eigenvalue weighted by atomic mass is 10.2. The van der Waals surface area contributed by atoms with E-state index >= 15 is 0 Å². The summed E-state index contributed by atoms with van der Waals surface area (Å²) in [5.74, 6) is -0.755. The van der Waals surface area contributed by atoms with Crippen LogP contribution in [-0.4, -0.2) is 32.6 Å². The van der Waals surface area contributed by atoms with E-state index in [2.05, 4.69) is 25.6 Å². The molecular weight excluding hydrogens is 282 g/mol.